The van der Waals surface area contributed by atoms with Gasteiger partial charge < -0.3 is 4.57 Å². The molecule has 1 aromatic heterocycles. The van der Waals surface area contributed by atoms with Crippen molar-refractivity contribution in [3.63, 3.8) is 0 Å². The van der Waals surface area contributed by atoms with Crippen LogP contribution >= 0.6 is 0 Å². The van der Waals surface area contributed by atoms with Gasteiger partial charge in [-0.05, 0) is 18.1 Å². The molecular weight excluding hydrogens is 179 g/mol. The van der Waals surface area contributed by atoms with Crippen molar-refractivity contribution in [3.05, 3.63) is 54.4 Å². The average molecular weight is 190 g/mol. The fourth-order valence-corrected chi connectivity index (χ4v) is 1.37. The number of benzene rings is 1. The molecule has 0 saturated heterocycles. The summed E-state index contributed by atoms with van der Waals surface area (Å²) >= 11 is 0. The van der Waals surface area contributed by atoms with Crippen molar-refractivity contribution in [2.45, 2.75) is 13.0 Å². The first-order valence-electron chi connectivity index (χ1n) is 4.55. The second-order valence-corrected chi connectivity index (χ2v) is 3.14. The van der Waals surface area contributed by atoms with Crippen molar-refractivity contribution in [1.29, 1.82) is 0 Å². The molecule has 3 heteroatoms. The van der Waals surface area contributed by atoms with Gasteiger partial charge in [0, 0.05) is 18.9 Å². The highest BCUT2D eigenvalue weighted by Crippen LogP contribution is 2.07. The van der Waals surface area contributed by atoms with Crippen molar-refractivity contribution in [2.75, 3.05) is 0 Å². The minimum absolute atomic E-state index is 0.132. The van der Waals surface area contributed by atoms with Gasteiger partial charge in [0.15, 0.2) is 0 Å². The Kier molecular flexibility index (Phi) is 2.58. The zero-order valence-electron chi connectivity index (χ0n) is 7.73. The quantitative estimate of drug-likeness (QED) is 0.726. The molecule has 1 heterocycles. The van der Waals surface area contributed by atoms with Crippen LogP contribution in [0.4, 0.5) is 4.39 Å². The molecule has 14 heavy (non-hydrogen) atoms. The first-order chi connectivity index (χ1) is 6.86. The Bertz CT molecular complexity index is 395. The molecule has 0 aliphatic rings. The van der Waals surface area contributed by atoms with E-state index in [1.165, 1.54) is 6.07 Å². The smallest absolute Gasteiger partial charge is 0.126 e. The van der Waals surface area contributed by atoms with Gasteiger partial charge in [0.1, 0.15) is 5.82 Å². The van der Waals surface area contributed by atoms with E-state index >= 15 is 0 Å². The number of aryl methyl sites for hydroxylation is 2. The van der Waals surface area contributed by atoms with Crippen LogP contribution in [0.1, 0.15) is 5.56 Å². The molecule has 0 saturated carbocycles. The zero-order valence-corrected chi connectivity index (χ0v) is 7.73. The first-order valence-corrected chi connectivity index (χ1v) is 4.55. The van der Waals surface area contributed by atoms with Gasteiger partial charge in [0.05, 0.1) is 6.33 Å². The third-order valence-corrected chi connectivity index (χ3v) is 2.16. The van der Waals surface area contributed by atoms with Crippen LogP contribution < -0.4 is 0 Å². The van der Waals surface area contributed by atoms with E-state index in [2.05, 4.69) is 4.98 Å². The lowest BCUT2D eigenvalue weighted by Gasteiger charge is -2.03. The fraction of sp³-hybridized carbons (Fsp3) is 0.182. The van der Waals surface area contributed by atoms with Crippen molar-refractivity contribution >= 4 is 0 Å². The van der Waals surface area contributed by atoms with Crippen LogP contribution in [0.3, 0.4) is 0 Å². The molecule has 0 aliphatic carbocycles. The largest absolute Gasteiger partial charge is 0.337 e. The van der Waals surface area contributed by atoms with E-state index in [4.69, 9.17) is 0 Å². The second-order valence-electron chi connectivity index (χ2n) is 3.14. The maximum atomic E-state index is 13.2. The summed E-state index contributed by atoms with van der Waals surface area (Å²) in [7, 11) is 0. The summed E-state index contributed by atoms with van der Waals surface area (Å²) < 4.78 is 15.1. The molecule has 1 aromatic carbocycles. The van der Waals surface area contributed by atoms with E-state index in [1.54, 1.807) is 18.6 Å². The number of hydrogen-bond donors (Lipinski definition) is 0. The lowest BCUT2D eigenvalue weighted by molar-refractivity contribution is 0.593. The highest BCUT2D eigenvalue weighted by Gasteiger charge is 1.99. The molecule has 0 N–H and O–H groups in total. The lowest BCUT2D eigenvalue weighted by Crippen LogP contribution is -2.00. The van der Waals surface area contributed by atoms with Crippen molar-refractivity contribution in [2.24, 2.45) is 0 Å². The normalized spacial score (nSPS) is 10.4. The molecule has 2 nitrogen and oxygen atoms in total. The molecule has 0 atom stereocenters. The van der Waals surface area contributed by atoms with Crippen LogP contribution in [-0.2, 0) is 13.0 Å². The maximum absolute atomic E-state index is 13.2. The summed E-state index contributed by atoms with van der Waals surface area (Å²) in [6, 6.07) is 6.86. The zero-order chi connectivity index (χ0) is 9.80. The Morgan fingerprint density at radius 2 is 2.14 bits per heavy atom. The predicted octanol–water partition coefficient (Wildman–Crippen LogP) is 2.26. The SMILES string of the molecule is Fc1ccccc1CCn1ccnc1. The first kappa shape index (κ1) is 8.94. The van der Waals surface area contributed by atoms with Gasteiger partial charge in [0.2, 0.25) is 0 Å². The Hall–Kier alpha value is -1.64. The molecule has 0 aliphatic heterocycles. The van der Waals surface area contributed by atoms with Crippen molar-refractivity contribution in [1.82, 2.24) is 9.55 Å². The molecule has 0 bridgehead atoms. The van der Waals surface area contributed by atoms with E-state index in [0.29, 0.717) is 6.42 Å². The molecule has 0 unspecified atom stereocenters. The summed E-state index contributed by atoms with van der Waals surface area (Å²) in [6.07, 6.45) is 6.03. The Morgan fingerprint density at radius 3 is 2.86 bits per heavy atom. The van der Waals surface area contributed by atoms with Crippen LogP contribution in [-0.4, -0.2) is 9.55 Å². The van der Waals surface area contributed by atoms with E-state index in [9.17, 15) is 4.39 Å². The maximum Gasteiger partial charge on any atom is 0.126 e. The second kappa shape index (κ2) is 4.05. The van der Waals surface area contributed by atoms with Crippen LogP contribution in [0.5, 0.6) is 0 Å². The summed E-state index contributed by atoms with van der Waals surface area (Å²) in [5.74, 6) is -0.132. The van der Waals surface area contributed by atoms with Crippen LogP contribution in [0, 0.1) is 5.82 Å². The number of imidazole rings is 1. The molecule has 0 fully saturated rings. The highest BCUT2D eigenvalue weighted by atomic mass is 19.1. The number of aromatic nitrogens is 2. The van der Waals surface area contributed by atoms with Gasteiger partial charge in [-0.1, -0.05) is 18.2 Å². The summed E-state index contributed by atoms with van der Waals surface area (Å²) in [6.45, 7) is 0.765. The lowest BCUT2D eigenvalue weighted by atomic mass is 10.1. The Balaban J connectivity index is 2.02. The third kappa shape index (κ3) is 1.99. The Labute approximate surface area is 82.0 Å². The topological polar surface area (TPSA) is 17.8 Å². The van der Waals surface area contributed by atoms with Crippen LogP contribution in [0.15, 0.2) is 43.0 Å². The van der Waals surface area contributed by atoms with Gasteiger partial charge in [0.25, 0.3) is 0 Å². The molecular formula is C11H11FN2. The summed E-state index contributed by atoms with van der Waals surface area (Å²) in [5, 5.41) is 0. The molecule has 0 spiro atoms. The number of rotatable bonds is 3. The summed E-state index contributed by atoms with van der Waals surface area (Å²) in [5.41, 5.74) is 0.751. The van der Waals surface area contributed by atoms with Gasteiger partial charge in [-0.3, -0.25) is 0 Å². The Morgan fingerprint density at radius 1 is 1.29 bits per heavy atom. The monoisotopic (exact) mass is 190 g/mol. The molecule has 72 valence electrons. The van der Waals surface area contributed by atoms with Gasteiger partial charge in [-0.25, -0.2) is 9.37 Å². The van der Waals surface area contributed by atoms with Crippen LogP contribution in [0.25, 0.3) is 0 Å². The standard InChI is InChI=1S/C11H11FN2/c12-11-4-2-1-3-10(11)5-7-14-8-6-13-9-14/h1-4,6,8-9H,5,7H2. The van der Waals surface area contributed by atoms with Gasteiger partial charge >= 0.3 is 0 Å². The van der Waals surface area contributed by atoms with Gasteiger partial charge in [-0.2, -0.15) is 0 Å². The minimum atomic E-state index is -0.132. The molecule has 2 aromatic rings. The number of nitrogens with zero attached hydrogens (tertiary/aromatic N) is 2. The van der Waals surface area contributed by atoms with E-state index in [1.807, 2.05) is 22.9 Å². The average Bonchev–Trinajstić information content (AvgIpc) is 2.69. The highest BCUT2D eigenvalue weighted by molar-refractivity contribution is 5.17. The molecule has 0 amide bonds. The van der Waals surface area contributed by atoms with E-state index in [0.717, 1.165) is 12.1 Å². The third-order valence-electron chi connectivity index (χ3n) is 2.16. The summed E-state index contributed by atoms with van der Waals surface area (Å²) in [4.78, 5) is 3.93. The minimum Gasteiger partial charge on any atom is -0.337 e. The number of halogens is 1. The van der Waals surface area contributed by atoms with E-state index in [-0.39, 0.29) is 5.82 Å². The van der Waals surface area contributed by atoms with Crippen molar-refractivity contribution < 1.29 is 4.39 Å². The predicted molar refractivity (Wildman–Crippen MR) is 52.3 cm³/mol. The molecule has 0 radical (unpaired) electrons. The van der Waals surface area contributed by atoms with E-state index < -0.39 is 0 Å². The fourth-order valence-electron chi connectivity index (χ4n) is 1.37. The number of hydrogen-bond acceptors (Lipinski definition) is 1. The molecule has 2 rings (SSSR count). The van der Waals surface area contributed by atoms with Gasteiger partial charge in [-0.15, -0.1) is 0 Å². The van der Waals surface area contributed by atoms with Crippen LogP contribution in [0.2, 0.25) is 0 Å². The van der Waals surface area contributed by atoms with Crippen molar-refractivity contribution in [3.8, 4) is 0 Å².